The Morgan fingerprint density at radius 3 is 2.68 bits per heavy atom. The van der Waals surface area contributed by atoms with Crippen molar-refractivity contribution in [3.05, 3.63) is 34.3 Å². The smallest absolute Gasteiger partial charge is 0.0507 e. The van der Waals surface area contributed by atoms with E-state index in [1.807, 2.05) is 0 Å². The molecule has 1 aliphatic rings. The van der Waals surface area contributed by atoms with Crippen LogP contribution in [-0.4, -0.2) is 24.0 Å². The van der Waals surface area contributed by atoms with Gasteiger partial charge in [0.05, 0.1) is 6.04 Å². The summed E-state index contributed by atoms with van der Waals surface area (Å²) in [4.78, 5) is 2.58. The number of nitrogens with zero attached hydrogens (tertiary/aromatic N) is 1. The van der Waals surface area contributed by atoms with Crippen LogP contribution in [0.5, 0.6) is 0 Å². The third kappa shape index (κ3) is 3.80. The van der Waals surface area contributed by atoms with Crippen LogP contribution < -0.4 is 5.73 Å². The lowest BCUT2D eigenvalue weighted by Gasteiger charge is -2.34. The van der Waals surface area contributed by atoms with E-state index in [-0.39, 0.29) is 6.04 Å². The number of nitrogens with two attached hydrogens (primary N) is 1. The molecule has 1 aromatic carbocycles. The van der Waals surface area contributed by atoms with E-state index in [0.29, 0.717) is 6.04 Å². The van der Waals surface area contributed by atoms with Gasteiger partial charge >= 0.3 is 0 Å². The predicted octanol–water partition coefficient (Wildman–Crippen LogP) is 3.96. The molecular formula is C16H25BrN2. The van der Waals surface area contributed by atoms with Gasteiger partial charge in [0.2, 0.25) is 0 Å². The molecule has 1 fully saturated rings. The first-order chi connectivity index (χ1) is 9.09. The highest BCUT2D eigenvalue weighted by Gasteiger charge is 2.27. The van der Waals surface area contributed by atoms with Gasteiger partial charge in [-0.2, -0.15) is 0 Å². The third-order valence-corrected chi connectivity index (χ3v) is 4.89. The molecule has 1 heterocycles. The Balaban J connectivity index is 2.23. The number of benzene rings is 1. The van der Waals surface area contributed by atoms with E-state index in [0.717, 1.165) is 19.0 Å². The van der Waals surface area contributed by atoms with Crippen molar-refractivity contribution in [2.75, 3.05) is 13.1 Å². The number of halogens is 1. The van der Waals surface area contributed by atoms with Gasteiger partial charge in [-0.15, -0.1) is 0 Å². The lowest BCUT2D eigenvalue weighted by atomic mass is 9.99. The summed E-state index contributed by atoms with van der Waals surface area (Å²) in [6.07, 6.45) is 3.92. The van der Waals surface area contributed by atoms with Crippen LogP contribution in [0, 0.1) is 5.92 Å². The monoisotopic (exact) mass is 324 g/mol. The summed E-state index contributed by atoms with van der Waals surface area (Å²) in [7, 11) is 0. The summed E-state index contributed by atoms with van der Waals surface area (Å²) in [6, 6.07) is 8.96. The molecule has 1 aromatic rings. The van der Waals surface area contributed by atoms with E-state index in [4.69, 9.17) is 5.73 Å². The normalized spacial score (nSPS) is 24.7. The molecule has 0 radical (unpaired) electrons. The molecule has 0 aromatic heterocycles. The summed E-state index contributed by atoms with van der Waals surface area (Å²) < 4.78 is 1.18. The summed E-state index contributed by atoms with van der Waals surface area (Å²) >= 11 is 3.68. The Bertz CT molecular complexity index is 405. The van der Waals surface area contributed by atoms with E-state index < -0.39 is 0 Å². The number of likely N-dealkylation sites (tertiary alicyclic amines) is 1. The second-order valence-corrected chi connectivity index (χ2v) is 6.75. The van der Waals surface area contributed by atoms with Crippen LogP contribution >= 0.6 is 15.9 Å². The maximum absolute atomic E-state index is 6.29. The molecule has 0 saturated carbocycles. The lowest BCUT2D eigenvalue weighted by molar-refractivity contribution is 0.181. The van der Waals surface area contributed by atoms with Crippen molar-refractivity contribution >= 4 is 15.9 Å². The Hall–Kier alpha value is -0.380. The summed E-state index contributed by atoms with van der Waals surface area (Å²) in [5.74, 6) is 0.845. The van der Waals surface area contributed by atoms with Crippen molar-refractivity contribution in [3.8, 4) is 0 Å². The molecule has 0 aliphatic carbocycles. The van der Waals surface area contributed by atoms with E-state index >= 15 is 0 Å². The molecule has 1 saturated heterocycles. The highest BCUT2D eigenvalue weighted by atomic mass is 79.9. The largest absolute Gasteiger partial charge is 0.326 e. The van der Waals surface area contributed by atoms with Crippen LogP contribution in [0.15, 0.2) is 28.7 Å². The molecule has 3 atom stereocenters. The average molecular weight is 325 g/mol. The highest BCUT2D eigenvalue weighted by Crippen LogP contribution is 2.32. The van der Waals surface area contributed by atoms with Gasteiger partial charge < -0.3 is 5.73 Å². The molecular weight excluding hydrogens is 300 g/mol. The topological polar surface area (TPSA) is 29.3 Å². The molecule has 106 valence electrons. The molecule has 1 aliphatic heterocycles. The summed E-state index contributed by atoms with van der Waals surface area (Å²) in [6.45, 7) is 6.81. The van der Waals surface area contributed by atoms with Crippen LogP contribution in [0.3, 0.4) is 0 Å². The van der Waals surface area contributed by atoms with Gasteiger partial charge in [-0.1, -0.05) is 41.1 Å². The average Bonchev–Trinajstić information content (AvgIpc) is 2.57. The first-order valence-electron chi connectivity index (χ1n) is 7.33. The fraction of sp³-hybridized carbons (Fsp3) is 0.625. The molecule has 2 rings (SSSR count). The molecule has 0 bridgehead atoms. The molecule has 19 heavy (non-hydrogen) atoms. The minimum Gasteiger partial charge on any atom is -0.326 e. The molecule has 2 nitrogen and oxygen atoms in total. The standard InChI is InChI=1S/C16H25BrN2/c1-12-6-5-10-19(11-9-12)16(13(2)18)14-7-3-4-8-15(14)17/h3-4,7-8,12-13,16H,5-6,9-11,18H2,1-2H3. The minimum absolute atomic E-state index is 0.145. The maximum Gasteiger partial charge on any atom is 0.0507 e. The minimum atomic E-state index is 0.145. The number of hydrogen-bond donors (Lipinski definition) is 1. The Morgan fingerprint density at radius 1 is 1.26 bits per heavy atom. The van der Waals surface area contributed by atoms with Crippen molar-refractivity contribution in [1.29, 1.82) is 0 Å². The second kappa shape index (κ2) is 6.87. The third-order valence-electron chi connectivity index (χ3n) is 4.17. The van der Waals surface area contributed by atoms with Gasteiger partial charge in [-0.25, -0.2) is 0 Å². The quantitative estimate of drug-likeness (QED) is 0.911. The second-order valence-electron chi connectivity index (χ2n) is 5.90. The van der Waals surface area contributed by atoms with Crippen LogP contribution in [0.25, 0.3) is 0 Å². The van der Waals surface area contributed by atoms with E-state index in [1.165, 1.54) is 29.3 Å². The van der Waals surface area contributed by atoms with Gasteiger partial charge in [0, 0.05) is 10.5 Å². The molecule has 0 amide bonds. The van der Waals surface area contributed by atoms with Gasteiger partial charge in [0.1, 0.15) is 0 Å². The maximum atomic E-state index is 6.29. The Morgan fingerprint density at radius 2 is 2.00 bits per heavy atom. The van der Waals surface area contributed by atoms with E-state index in [2.05, 4.69) is 58.9 Å². The first-order valence-corrected chi connectivity index (χ1v) is 8.13. The van der Waals surface area contributed by atoms with Gasteiger partial charge in [0.25, 0.3) is 0 Å². The SMILES string of the molecule is CC1CCCN(C(c2ccccc2Br)C(C)N)CC1. The molecule has 0 spiro atoms. The van der Waals surface area contributed by atoms with E-state index in [1.54, 1.807) is 0 Å². The highest BCUT2D eigenvalue weighted by molar-refractivity contribution is 9.10. The zero-order chi connectivity index (χ0) is 13.8. The van der Waals surface area contributed by atoms with Crippen molar-refractivity contribution < 1.29 is 0 Å². The van der Waals surface area contributed by atoms with Crippen molar-refractivity contribution in [2.45, 2.75) is 45.2 Å². The van der Waals surface area contributed by atoms with Crippen LogP contribution in [0.1, 0.15) is 44.7 Å². The fourth-order valence-corrected chi connectivity index (χ4v) is 3.61. The molecule has 3 heteroatoms. The van der Waals surface area contributed by atoms with Crippen LogP contribution in [0.4, 0.5) is 0 Å². The molecule has 3 unspecified atom stereocenters. The summed E-state index contributed by atoms with van der Waals surface area (Å²) in [5.41, 5.74) is 7.62. The van der Waals surface area contributed by atoms with E-state index in [9.17, 15) is 0 Å². The summed E-state index contributed by atoms with van der Waals surface area (Å²) in [5, 5.41) is 0. The van der Waals surface area contributed by atoms with Crippen molar-refractivity contribution in [2.24, 2.45) is 11.7 Å². The molecule has 2 N–H and O–H groups in total. The predicted molar refractivity (Wildman–Crippen MR) is 85.1 cm³/mol. The lowest BCUT2D eigenvalue weighted by Crippen LogP contribution is -2.40. The van der Waals surface area contributed by atoms with Crippen molar-refractivity contribution in [1.82, 2.24) is 4.90 Å². The van der Waals surface area contributed by atoms with Crippen LogP contribution in [0.2, 0.25) is 0 Å². The van der Waals surface area contributed by atoms with Gasteiger partial charge in [-0.3, -0.25) is 4.90 Å². The fourth-order valence-electron chi connectivity index (χ4n) is 3.09. The zero-order valence-electron chi connectivity index (χ0n) is 12.0. The van der Waals surface area contributed by atoms with Crippen molar-refractivity contribution in [3.63, 3.8) is 0 Å². The first kappa shape index (κ1) is 15.0. The Labute approximate surface area is 125 Å². The van der Waals surface area contributed by atoms with Gasteiger partial charge in [-0.05, 0) is 56.8 Å². The zero-order valence-corrected chi connectivity index (χ0v) is 13.6. The Kier molecular flexibility index (Phi) is 5.43. The number of hydrogen-bond acceptors (Lipinski definition) is 2. The van der Waals surface area contributed by atoms with Crippen LogP contribution in [-0.2, 0) is 0 Å². The number of rotatable bonds is 3. The van der Waals surface area contributed by atoms with Gasteiger partial charge in [0.15, 0.2) is 0 Å².